The van der Waals surface area contributed by atoms with Crippen molar-refractivity contribution in [2.45, 2.75) is 9.79 Å². The Morgan fingerprint density at radius 2 is 0.733 bits per heavy atom. The molecule has 0 spiro atoms. The van der Waals surface area contributed by atoms with Crippen LogP contribution in [0.5, 0.6) is 0 Å². The number of hydrogen-bond donors (Lipinski definition) is 0. The average Bonchev–Trinajstić information content (AvgIpc) is 2.51. The van der Waals surface area contributed by atoms with E-state index in [2.05, 4.69) is 0 Å². The van der Waals surface area contributed by atoms with E-state index in [-0.39, 0.29) is 9.79 Å². The maximum atomic E-state index is 11.9. The zero-order chi connectivity index (χ0) is 23.5. The van der Waals surface area contributed by atoms with Gasteiger partial charge >= 0.3 is 182 Å². The third-order valence-corrected chi connectivity index (χ3v) is 10.9. The van der Waals surface area contributed by atoms with Gasteiger partial charge in [0.1, 0.15) is 0 Å². The molecule has 30 heavy (non-hydrogen) atoms. The fraction of sp³-hybridized carbons (Fsp3) is 0.400. The van der Waals surface area contributed by atoms with Crippen molar-refractivity contribution < 1.29 is 24.8 Å². The summed E-state index contributed by atoms with van der Waals surface area (Å²) in [5.41, 5.74) is 0. The van der Waals surface area contributed by atoms with Gasteiger partial charge in [-0.2, -0.15) is 0 Å². The minimum absolute atomic E-state index is 0.214. The Bertz CT molecular complexity index is 956. The van der Waals surface area contributed by atoms with Crippen LogP contribution in [0.15, 0.2) is 70.5 Å². The van der Waals surface area contributed by atoms with Gasteiger partial charge in [-0.05, 0) is 0 Å². The molecule has 0 heterocycles. The Balaban J connectivity index is 0.000000300. The maximum absolute atomic E-state index is 11.9. The molecule has 0 N–H and O–H groups in total. The van der Waals surface area contributed by atoms with Crippen molar-refractivity contribution in [2.75, 3.05) is 53.3 Å². The molecule has 2 rings (SSSR count). The molecule has 0 aliphatic heterocycles. The van der Waals surface area contributed by atoms with Crippen LogP contribution < -0.4 is 0 Å². The van der Waals surface area contributed by atoms with Crippen LogP contribution in [0.4, 0.5) is 0 Å². The van der Waals surface area contributed by atoms with Crippen molar-refractivity contribution in [3.63, 3.8) is 0 Å². The van der Waals surface area contributed by atoms with Crippen molar-refractivity contribution in [1.29, 1.82) is 0 Å². The molecule has 0 amide bonds. The molecule has 0 bridgehead atoms. The van der Waals surface area contributed by atoms with Gasteiger partial charge in [0.2, 0.25) is 0 Å². The van der Waals surface area contributed by atoms with Crippen LogP contribution in [0.25, 0.3) is 0 Å². The first kappa shape index (κ1) is 27.2. The Kier molecular flexibility index (Phi) is 7.76. The molecule has 0 aliphatic rings. The molecule has 0 atom stereocenters. The summed E-state index contributed by atoms with van der Waals surface area (Å²) in [4.78, 5) is 0.429. The van der Waals surface area contributed by atoms with Crippen LogP contribution in [0, 0.1) is 0 Å². The summed E-state index contributed by atoms with van der Waals surface area (Å²) in [7, 11) is -7.24. The molecule has 0 unspecified atom stereocenters. The van der Waals surface area contributed by atoms with Gasteiger partial charge < -0.3 is 0 Å². The number of benzene rings is 2. The van der Waals surface area contributed by atoms with Gasteiger partial charge in [0.25, 0.3) is 0 Å². The van der Waals surface area contributed by atoms with E-state index in [1.54, 1.807) is 36.4 Å². The summed E-state index contributed by atoms with van der Waals surface area (Å²) in [5, 5.41) is 0. The first-order valence-corrected chi connectivity index (χ1v) is 19.9. The fourth-order valence-corrected chi connectivity index (χ4v) is 9.99. The van der Waals surface area contributed by atoms with Crippen molar-refractivity contribution in [2.24, 2.45) is 0 Å². The fourth-order valence-electron chi connectivity index (χ4n) is 2.05. The quantitative estimate of drug-likeness (QED) is 0.536. The summed E-state index contributed by atoms with van der Waals surface area (Å²) < 4.78 is 58.1. The second-order valence-corrected chi connectivity index (χ2v) is 28.1. The molecule has 2 aromatic rings. The molecule has 0 saturated carbocycles. The van der Waals surface area contributed by atoms with Gasteiger partial charge in [-0.1, -0.05) is 0 Å². The Morgan fingerprint density at radius 1 is 0.500 bits per heavy atom. The predicted molar refractivity (Wildman–Crippen MR) is 131 cm³/mol. The van der Waals surface area contributed by atoms with E-state index in [0.29, 0.717) is 0 Å². The molecule has 0 fully saturated rings. The van der Waals surface area contributed by atoms with E-state index >= 15 is 0 Å². The zero-order valence-electron chi connectivity index (χ0n) is 18.9. The summed E-state index contributed by atoms with van der Waals surface area (Å²) >= 11 is 0. The van der Waals surface area contributed by atoms with Crippen LogP contribution in [0.2, 0.25) is 0 Å². The molecule has 2 aromatic carbocycles. The predicted octanol–water partition coefficient (Wildman–Crippen LogP) is 4.76. The van der Waals surface area contributed by atoms with Crippen LogP contribution in [-0.4, -0.2) is 70.2 Å². The van der Waals surface area contributed by atoms with Gasteiger partial charge in [-0.25, -0.2) is 0 Å². The summed E-state index contributed by atoms with van der Waals surface area (Å²) in [5.74, 6) is 0. The Hall–Kier alpha value is -0.880. The molecule has 6 nitrogen and oxygen atoms in total. The Labute approximate surface area is 182 Å². The normalized spacial score (nSPS) is 15.6. The average molecular weight is 497 g/mol. The first-order chi connectivity index (χ1) is 13.1. The van der Waals surface area contributed by atoms with E-state index < -0.39 is 33.9 Å². The Morgan fingerprint density at radius 3 is 0.933 bits per heavy atom. The molecule has 0 aromatic heterocycles. The van der Waals surface area contributed by atoms with E-state index in [0.717, 1.165) is 0 Å². The molecule has 172 valence electrons. The standard InChI is InChI=1S/2C10H17O3PS/c2*1-14(2,3,4)13-15(11,12)10-8-6-5-7-9-10/h2*5-9H,1-4H3. The SMILES string of the molecule is CP(C)(C)(C)OS(=O)(=O)c1ccccc1.CP(C)(C)(C)OS(=O)(=O)c1ccccc1. The second kappa shape index (κ2) is 8.57. The third-order valence-electron chi connectivity index (χ3n) is 2.86. The van der Waals surface area contributed by atoms with E-state index in [1.807, 2.05) is 53.3 Å². The van der Waals surface area contributed by atoms with E-state index in [4.69, 9.17) is 7.94 Å². The van der Waals surface area contributed by atoms with Gasteiger partial charge in [-0.3, -0.25) is 0 Å². The molecular formula is C20H34O6P2S2. The summed E-state index contributed by atoms with van der Waals surface area (Å²) in [6.45, 7) is 9.78. The van der Waals surface area contributed by atoms with Gasteiger partial charge in [-0.15, -0.1) is 0 Å². The van der Waals surface area contributed by atoms with Crippen LogP contribution >= 0.6 is 13.7 Å². The monoisotopic (exact) mass is 496 g/mol. The van der Waals surface area contributed by atoms with Crippen molar-refractivity contribution in [3.8, 4) is 0 Å². The van der Waals surface area contributed by atoms with Crippen LogP contribution in [0.3, 0.4) is 0 Å². The molecule has 0 radical (unpaired) electrons. The van der Waals surface area contributed by atoms with Gasteiger partial charge in [0.05, 0.1) is 0 Å². The summed E-state index contributed by atoms with van der Waals surface area (Å²) in [6, 6.07) is 16.4. The van der Waals surface area contributed by atoms with Crippen molar-refractivity contribution in [3.05, 3.63) is 60.7 Å². The second-order valence-electron chi connectivity index (χ2n) is 10.5. The number of rotatable bonds is 6. The van der Waals surface area contributed by atoms with Crippen LogP contribution in [0.1, 0.15) is 0 Å². The number of hydrogen-bond acceptors (Lipinski definition) is 6. The molecule has 10 heteroatoms. The van der Waals surface area contributed by atoms with Gasteiger partial charge in [0, 0.05) is 0 Å². The zero-order valence-corrected chi connectivity index (χ0v) is 22.4. The van der Waals surface area contributed by atoms with Gasteiger partial charge in [0.15, 0.2) is 0 Å². The minimum atomic E-state index is -3.62. The molecule has 0 aliphatic carbocycles. The molecular weight excluding hydrogens is 462 g/mol. The van der Waals surface area contributed by atoms with Crippen molar-refractivity contribution >= 4 is 33.9 Å². The first-order valence-electron chi connectivity index (χ1n) is 9.17. The third kappa shape index (κ3) is 10.9. The van der Waals surface area contributed by atoms with Crippen LogP contribution in [-0.2, 0) is 28.2 Å². The summed E-state index contributed by atoms with van der Waals surface area (Å²) in [6.07, 6.45) is 0. The van der Waals surface area contributed by atoms with E-state index in [9.17, 15) is 16.8 Å². The van der Waals surface area contributed by atoms with E-state index in [1.165, 1.54) is 24.3 Å². The topological polar surface area (TPSA) is 86.7 Å². The molecule has 0 saturated heterocycles. The van der Waals surface area contributed by atoms with Crippen molar-refractivity contribution in [1.82, 2.24) is 0 Å².